The topological polar surface area (TPSA) is 91.8 Å². The minimum absolute atomic E-state index is 0.227. The van der Waals surface area contributed by atoms with Crippen molar-refractivity contribution in [3.05, 3.63) is 48.7 Å². The van der Waals surface area contributed by atoms with Gasteiger partial charge in [-0.3, -0.25) is 10.3 Å². The Labute approximate surface area is 157 Å². The lowest BCUT2D eigenvalue weighted by Gasteiger charge is -2.22. The van der Waals surface area contributed by atoms with Gasteiger partial charge in [-0.25, -0.2) is 4.79 Å². The van der Waals surface area contributed by atoms with Crippen LogP contribution in [-0.4, -0.2) is 27.3 Å². The van der Waals surface area contributed by atoms with Gasteiger partial charge in [-0.05, 0) is 37.1 Å². The molecule has 0 atom stereocenters. The summed E-state index contributed by atoms with van der Waals surface area (Å²) in [5.41, 5.74) is 1.73. The Kier molecular flexibility index (Phi) is 5.09. The van der Waals surface area contributed by atoms with Crippen LogP contribution in [0, 0.1) is 0 Å². The van der Waals surface area contributed by atoms with E-state index in [4.69, 9.17) is 0 Å². The highest BCUT2D eigenvalue weighted by molar-refractivity contribution is 5.91. The zero-order valence-corrected chi connectivity index (χ0v) is 15.0. The molecule has 0 bridgehead atoms. The summed E-state index contributed by atoms with van der Waals surface area (Å²) in [5.74, 6) is 1.01. The Hall–Kier alpha value is -3.22. The smallest absolute Gasteiger partial charge is 0.320 e. The van der Waals surface area contributed by atoms with Crippen molar-refractivity contribution in [2.45, 2.75) is 38.1 Å². The third-order valence-corrected chi connectivity index (χ3v) is 4.74. The molecule has 1 saturated carbocycles. The van der Waals surface area contributed by atoms with E-state index in [9.17, 15) is 4.79 Å². The number of rotatable bonds is 4. The Morgan fingerprint density at radius 2 is 1.70 bits per heavy atom. The maximum atomic E-state index is 12.1. The van der Waals surface area contributed by atoms with Crippen molar-refractivity contribution in [2.24, 2.45) is 0 Å². The number of aromatic nitrogens is 3. The first-order valence-electron chi connectivity index (χ1n) is 9.30. The molecule has 7 heteroatoms. The van der Waals surface area contributed by atoms with E-state index in [1.807, 2.05) is 30.3 Å². The summed E-state index contributed by atoms with van der Waals surface area (Å²) in [7, 11) is 0. The summed E-state index contributed by atoms with van der Waals surface area (Å²) in [6, 6.07) is 13.4. The summed E-state index contributed by atoms with van der Waals surface area (Å²) in [6.45, 7) is 0. The molecular formula is C20H22N6O. The maximum Gasteiger partial charge on any atom is 0.320 e. The molecule has 4 rings (SSSR count). The Balaban J connectivity index is 1.39. The van der Waals surface area contributed by atoms with Crippen molar-refractivity contribution in [3.63, 3.8) is 0 Å². The molecule has 0 spiro atoms. The Morgan fingerprint density at radius 3 is 2.52 bits per heavy atom. The number of urea groups is 1. The molecule has 1 fully saturated rings. The first-order chi connectivity index (χ1) is 13.3. The minimum atomic E-state index is -0.227. The van der Waals surface area contributed by atoms with E-state index in [-0.39, 0.29) is 12.1 Å². The molecule has 0 saturated heterocycles. The highest BCUT2D eigenvalue weighted by Crippen LogP contribution is 2.23. The fourth-order valence-corrected chi connectivity index (χ4v) is 3.39. The average molecular weight is 362 g/mol. The Bertz CT molecular complexity index is 916. The summed E-state index contributed by atoms with van der Waals surface area (Å²) in [5, 5.41) is 18.3. The largest absolute Gasteiger partial charge is 0.337 e. The lowest BCUT2D eigenvalue weighted by molar-refractivity contribution is 0.244. The molecule has 0 radical (unpaired) electrons. The zero-order valence-electron chi connectivity index (χ0n) is 15.0. The normalized spacial score (nSPS) is 14.7. The van der Waals surface area contributed by atoms with Gasteiger partial charge >= 0.3 is 6.03 Å². The van der Waals surface area contributed by atoms with E-state index in [1.54, 1.807) is 18.3 Å². The molecule has 3 aromatic rings. The van der Waals surface area contributed by atoms with Crippen molar-refractivity contribution in [3.8, 4) is 0 Å². The number of carbonyl (C=O) groups is 1. The second-order valence-electron chi connectivity index (χ2n) is 6.74. The third-order valence-electron chi connectivity index (χ3n) is 4.74. The molecule has 2 heterocycles. The molecule has 138 valence electrons. The number of nitrogens with zero attached hydrogens (tertiary/aromatic N) is 3. The van der Waals surface area contributed by atoms with Crippen molar-refractivity contribution in [2.75, 3.05) is 10.6 Å². The standard InChI is InChI=1S/C20H22N6O/c27-20(22-15-8-2-1-3-9-15)24-18-12-11-17(25-26-18)23-16-10-4-6-14-7-5-13-21-19(14)16/h4-7,10-13,15H,1-3,8-9H2,(H,23,25)(H2,22,24,26,27). The van der Waals surface area contributed by atoms with Gasteiger partial charge in [-0.15, -0.1) is 10.2 Å². The lowest BCUT2D eigenvalue weighted by Crippen LogP contribution is -2.39. The number of amides is 2. The second-order valence-corrected chi connectivity index (χ2v) is 6.74. The van der Waals surface area contributed by atoms with Crippen molar-refractivity contribution in [1.29, 1.82) is 0 Å². The van der Waals surface area contributed by atoms with Crippen LogP contribution in [-0.2, 0) is 0 Å². The van der Waals surface area contributed by atoms with Crippen LogP contribution in [0.2, 0.25) is 0 Å². The number of anilines is 3. The van der Waals surface area contributed by atoms with Gasteiger partial charge in [0, 0.05) is 17.6 Å². The maximum absolute atomic E-state index is 12.1. The molecule has 0 aliphatic heterocycles. The number of fused-ring (bicyclic) bond motifs is 1. The van der Waals surface area contributed by atoms with Crippen LogP contribution in [0.5, 0.6) is 0 Å². The lowest BCUT2D eigenvalue weighted by atomic mass is 9.96. The van der Waals surface area contributed by atoms with E-state index in [2.05, 4.69) is 31.1 Å². The minimum Gasteiger partial charge on any atom is -0.337 e. The number of para-hydroxylation sites is 1. The average Bonchev–Trinajstić information content (AvgIpc) is 2.70. The number of nitrogens with one attached hydrogen (secondary N) is 3. The molecule has 1 aliphatic rings. The second kappa shape index (κ2) is 7.99. The van der Waals surface area contributed by atoms with E-state index < -0.39 is 0 Å². The molecule has 0 unspecified atom stereocenters. The molecule has 2 amide bonds. The van der Waals surface area contributed by atoms with Crippen LogP contribution in [0.4, 0.5) is 22.1 Å². The van der Waals surface area contributed by atoms with Gasteiger partial charge in [0.1, 0.15) is 0 Å². The summed E-state index contributed by atoms with van der Waals surface area (Å²) >= 11 is 0. The van der Waals surface area contributed by atoms with E-state index in [1.165, 1.54) is 19.3 Å². The summed E-state index contributed by atoms with van der Waals surface area (Å²) < 4.78 is 0. The predicted octanol–water partition coefficient (Wildman–Crippen LogP) is 4.22. The van der Waals surface area contributed by atoms with E-state index in [0.29, 0.717) is 11.6 Å². The molecule has 7 nitrogen and oxygen atoms in total. The predicted molar refractivity (Wildman–Crippen MR) is 106 cm³/mol. The van der Waals surface area contributed by atoms with Crippen LogP contribution in [0.25, 0.3) is 10.9 Å². The van der Waals surface area contributed by atoms with Crippen LogP contribution in [0.1, 0.15) is 32.1 Å². The van der Waals surface area contributed by atoms with Crippen LogP contribution >= 0.6 is 0 Å². The monoisotopic (exact) mass is 362 g/mol. The van der Waals surface area contributed by atoms with Crippen molar-refractivity contribution in [1.82, 2.24) is 20.5 Å². The van der Waals surface area contributed by atoms with Gasteiger partial charge < -0.3 is 10.6 Å². The fourth-order valence-electron chi connectivity index (χ4n) is 3.39. The Morgan fingerprint density at radius 1 is 0.926 bits per heavy atom. The molecular weight excluding hydrogens is 340 g/mol. The number of pyridine rings is 1. The molecule has 1 aliphatic carbocycles. The van der Waals surface area contributed by atoms with Crippen LogP contribution < -0.4 is 16.0 Å². The SMILES string of the molecule is O=C(Nc1ccc(Nc2cccc3cccnc23)nn1)NC1CCCCC1. The molecule has 2 aromatic heterocycles. The molecule has 1 aromatic carbocycles. The van der Waals surface area contributed by atoms with Gasteiger partial charge in [0.05, 0.1) is 11.2 Å². The first kappa shape index (κ1) is 17.2. The zero-order chi connectivity index (χ0) is 18.5. The van der Waals surface area contributed by atoms with E-state index in [0.717, 1.165) is 29.4 Å². The van der Waals surface area contributed by atoms with Crippen molar-refractivity contribution < 1.29 is 4.79 Å². The van der Waals surface area contributed by atoms with Crippen LogP contribution in [0.15, 0.2) is 48.7 Å². The van der Waals surface area contributed by atoms with Crippen molar-refractivity contribution >= 4 is 34.3 Å². The fraction of sp³-hybridized carbons (Fsp3) is 0.300. The first-order valence-corrected chi connectivity index (χ1v) is 9.30. The van der Waals surface area contributed by atoms with E-state index >= 15 is 0 Å². The van der Waals surface area contributed by atoms with Gasteiger partial charge in [0.15, 0.2) is 11.6 Å². The highest BCUT2D eigenvalue weighted by atomic mass is 16.2. The van der Waals surface area contributed by atoms with Gasteiger partial charge in [0.25, 0.3) is 0 Å². The number of hydrogen-bond acceptors (Lipinski definition) is 5. The summed E-state index contributed by atoms with van der Waals surface area (Å²) in [4.78, 5) is 16.5. The quantitative estimate of drug-likeness (QED) is 0.646. The highest BCUT2D eigenvalue weighted by Gasteiger charge is 2.15. The number of benzene rings is 1. The molecule has 27 heavy (non-hydrogen) atoms. The van der Waals surface area contributed by atoms with Gasteiger partial charge in [-0.2, -0.15) is 0 Å². The number of hydrogen-bond donors (Lipinski definition) is 3. The van der Waals surface area contributed by atoms with Gasteiger partial charge in [0.2, 0.25) is 0 Å². The molecule has 3 N–H and O–H groups in total. The number of carbonyl (C=O) groups excluding carboxylic acids is 1. The summed E-state index contributed by atoms with van der Waals surface area (Å²) in [6.07, 6.45) is 7.45. The van der Waals surface area contributed by atoms with Gasteiger partial charge in [-0.1, -0.05) is 37.5 Å². The van der Waals surface area contributed by atoms with Crippen LogP contribution in [0.3, 0.4) is 0 Å². The third kappa shape index (κ3) is 4.31.